The third kappa shape index (κ3) is 55.5. The number of carbonyl (C=O) groups excluding carboxylic acids is 3. The molecule has 0 rings (SSSR count). The van der Waals surface area contributed by atoms with Gasteiger partial charge in [-0.1, -0.05) is 26.7 Å². The highest BCUT2D eigenvalue weighted by molar-refractivity contribution is 5.81. The molecule has 0 aliphatic heterocycles. The maximum absolute atomic E-state index is 11.0. The normalized spacial score (nSPS) is 11.5. The Morgan fingerprint density at radius 1 is 0.253 bits per heavy atom. The molecule has 75 heavy (non-hydrogen) atoms. The molecule has 0 aliphatic rings. The first-order valence-electron chi connectivity index (χ1n) is 25.7. The van der Waals surface area contributed by atoms with Crippen LogP contribution >= 0.6 is 0 Å². The molecule has 0 spiro atoms. The van der Waals surface area contributed by atoms with E-state index < -0.39 is 23.3 Å². The van der Waals surface area contributed by atoms with Crippen LogP contribution in [0.5, 0.6) is 0 Å². The third-order valence-electron chi connectivity index (χ3n) is 9.47. The summed E-state index contributed by atoms with van der Waals surface area (Å²) < 4.78 is 115. The molecule has 0 aliphatic carbocycles. The van der Waals surface area contributed by atoms with Gasteiger partial charge in [-0.2, -0.15) is 0 Å². The van der Waals surface area contributed by atoms with E-state index in [1.54, 1.807) is 0 Å². The number of hydrogen-bond donors (Lipinski definition) is 0. The van der Waals surface area contributed by atoms with E-state index in [-0.39, 0.29) is 19.8 Å². The molecule has 0 amide bonds. The van der Waals surface area contributed by atoms with E-state index in [4.69, 9.17) is 99.5 Å². The number of rotatable bonds is 64. The summed E-state index contributed by atoms with van der Waals surface area (Å²) in [7, 11) is 0. The van der Waals surface area contributed by atoms with Gasteiger partial charge in [-0.15, -0.1) is 0 Å². The van der Waals surface area contributed by atoms with Crippen LogP contribution < -0.4 is 0 Å². The molecule has 0 aromatic rings. The predicted molar refractivity (Wildman–Crippen MR) is 271 cm³/mol. The van der Waals surface area contributed by atoms with Crippen molar-refractivity contribution in [1.29, 1.82) is 0 Å². The average Bonchev–Trinajstić information content (AvgIpc) is 3.42. The first-order chi connectivity index (χ1) is 36.9. The highest BCUT2D eigenvalue weighted by Crippen LogP contribution is 2.24. The highest BCUT2D eigenvalue weighted by atomic mass is 16.6. The molecule has 0 radical (unpaired) electrons. The first-order valence-corrected chi connectivity index (χ1v) is 25.7. The van der Waals surface area contributed by atoms with Gasteiger partial charge in [-0.25, -0.2) is 14.4 Å². The van der Waals surface area contributed by atoms with E-state index in [0.29, 0.717) is 238 Å². The van der Waals surface area contributed by atoms with Crippen LogP contribution in [0.2, 0.25) is 0 Å². The molecule has 0 unspecified atom stereocenters. The van der Waals surface area contributed by atoms with Gasteiger partial charge in [0, 0.05) is 23.6 Å². The summed E-state index contributed by atoms with van der Waals surface area (Å²) >= 11 is 0. The molecule has 24 heteroatoms. The van der Waals surface area contributed by atoms with Gasteiger partial charge in [0.2, 0.25) is 0 Å². The minimum Gasteiger partial charge on any atom is -0.460 e. The fourth-order valence-corrected chi connectivity index (χ4v) is 5.38. The Morgan fingerprint density at radius 2 is 0.387 bits per heavy atom. The quantitative estimate of drug-likeness (QED) is 0.0365. The van der Waals surface area contributed by atoms with Crippen molar-refractivity contribution in [3.05, 3.63) is 38.0 Å². The summed E-state index contributed by atoms with van der Waals surface area (Å²) in [6.07, 6.45) is 4.07. The molecule has 0 N–H and O–H groups in total. The third-order valence-corrected chi connectivity index (χ3v) is 9.47. The lowest BCUT2D eigenvalue weighted by molar-refractivity contribution is -0.140. The minimum atomic E-state index is -0.476. The van der Waals surface area contributed by atoms with E-state index in [0.717, 1.165) is 24.6 Å². The molecule has 0 aromatic carbocycles. The summed E-state index contributed by atoms with van der Waals surface area (Å²) in [5, 5.41) is 0. The van der Waals surface area contributed by atoms with Gasteiger partial charge < -0.3 is 99.5 Å². The smallest absolute Gasteiger partial charge is 0.330 e. The fraction of sp³-hybridized carbons (Fsp3) is 0.824. The van der Waals surface area contributed by atoms with Crippen LogP contribution in [0.3, 0.4) is 0 Å². The zero-order valence-electron chi connectivity index (χ0n) is 44.9. The molecule has 440 valence electrons. The van der Waals surface area contributed by atoms with Crippen molar-refractivity contribution in [1.82, 2.24) is 0 Å². The van der Waals surface area contributed by atoms with E-state index in [9.17, 15) is 14.4 Å². The van der Waals surface area contributed by atoms with Crippen LogP contribution in [0, 0.1) is 5.41 Å². The van der Waals surface area contributed by atoms with Crippen LogP contribution in [-0.2, 0) is 114 Å². The van der Waals surface area contributed by atoms with Crippen LogP contribution in [0.15, 0.2) is 38.0 Å². The Bertz CT molecular complexity index is 1130. The molecular formula is C51H92O24. The lowest BCUT2D eigenvalue weighted by atomic mass is 9.88. The maximum atomic E-state index is 11.0. The Balaban J connectivity index is 4.22. The largest absolute Gasteiger partial charge is 0.460 e. The van der Waals surface area contributed by atoms with E-state index >= 15 is 0 Å². The maximum Gasteiger partial charge on any atom is 0.330 e. The molecule has 0 saturated heterocycles. The number of carbonyl (C=O) groups is 3. The standard InChI is InChI=1S/C51H92O24/c1-5-48(52)73-42-39-67-30-27-61-18-15-55-9-12-58-21-24-64-33-36-70-45-51(8-4,46-71-37-34-65-25-22-59-13-10-56-16-19-62-28-31-68-40-43-74-49(53)6-2)47-72-38-35-66-26-23-60-14-11-57-17-20-63-29-32-69-41-44-75-50(54)7-3/h5-7H,1-3,8-47H2,4H3. The lowest BCUT2D eigenvalue weighted by Crippen LogP contribution is -2.38. The Labute approximate surface area is 445 Å². The second-order valence-electron chi connectivity index (χ2n) is 15.3. The topological polar surface area (TPSA) is 245 Å². The van der Waals surface area contributed by atoms with Crippen LogP contribution in [-0.4, -0.2) is 276 Å². The van der Waals surface area contributed by atoms with Gasteiger partial charge in [0.15, 0.2) is 0 Å². The van der Waals surface area contributed by atoms with Crippen molar-refractivity contribution in [3.8, 4) is 0 Å². The van der Waals surface area contributed by atoms with Crippen LogP contribution in [0.4, 0.5) is 0 Å². The molecule has 0 aromatic heterocycles. The average molecular weight is 1090 g/mol. The lowest BCUT2D eigenvalue weighted by Gasteiger charge is -2.32. The van der Waals surface area contributed by atoms with Crippen molar-refractivity contribution in [2.45, 2.75) is 13.3 Å². The van der Waals surface area contributed by atoms with Gasteiger partial charge in [-0.05, 0) is 6.42 Å². The van der Waals surface area contributed by atoms with Crippen molar-refractivity contribution in [3.63, 3.8) is 0 Å². The number of ether oxygens (including phenoxy) is 21. The first kappa shape index (κ1) is 71.9. The summed E-state index contributed by atoms with van der Waals surface area (Å²) in [6.45, 7) is 27.3. The molecule has 0 heterocycles. The second-order valence-corrected chi connectivity index (χ2v) is 15.3. The van der Waals surface area contributed by atoms with E-state index in [1.165, 1.54) is 0 Å². The van der Waals surface area contributed by atoms with Gasteiger partial charge in [0.1, 0.15) is 19.8 Å². The zero-order valence-corrected chi connectivity index (χ0v) is 44.9. The van der Waals surface area contributed by atoms with Crippen molar-refractivity contribution in [2.75, 3.05) is 258 Å². The van der Waals surface area contributed by atoms with Crippen molar-refractivity contribution in [2.24, 2.45) is 5.41 Å². The van der Waals surface area contributed by atoms with Crippen LogP contribution in [0.1, 0.15) is 13.3 Å². The summed E-state index contributed by atoms with van der Waals surface area (Å²) in [6, 6.07) is 0. The van der Waals surface area contributed by atoms with Crippen molar-refractivity contribution < 1.29 is 114 Å². The molecule has 0 fully saturated rings. The second kappa shape index (κ2) is 60.1. The van der Waals surface area contributed by atoms with E-state index in [2.05, 4.69) is 26.7 Å². The number of hydrogen-bond acceptors (Lipinski definition) is 24. The van der Waals surface area contributed by atoms with Gasteiger partial charge >= 0.3 is 17.9 Å². The molecule has 0 bridgehead atoms. The Morgan fingerprint density at radius 3 is 0.520 bits per heavy atom. The summed E-state index contributed by atoms with van der Waals surface area (Å²) in [5.74, 6) is -1.43. The Hall–Kier alpha value is -3.09. The molecule has 0 saturated carbocycles. The summed E-state index contributed by atoms with van der Waals surface area (Å²) in [5.41, 5.74) is -0.401. The molecular weight excluding hydrogens is 997 g/mol. The SMILES string of the molecule is C=CC(=O)OCCOCCOCCOCCOCCOCCOCC(CC)(COCCOCCOCCOCCOCCOCCOC(=O)C=C)COCCOCCOCCOCCOCCOCCOC(=O)C=C. The Kier molecular flexibility index (Phi) is 57.7. The highest BCUT2D eigenvalue weighted by Gasteiger charge is 2.30. The molecule has 0 atom stereocenters. The van der Waals surface area contributed by atoms with Gasteiger partial charge in [0.05, 0.1) is 238 Å². The predicted octanol–water partition coefficient (Wildman–Crippen LogP) is 1.87. The van der Waals surface area contributed by atoms with E-state index in [1.807, 2.05) is 0 Å². The fourth-order valence-electron chi connectivity index (χ4n) is 5.38. The monoisotopic (exact) mass is 1090 g/mol. The molecule has 24 nitrogen and oxygen atoms in total. The summed E-state index contributed by atoms with van der Waals surface area (Å²) in [4.78, 5) is 32.9. The van der Waals surface area contributed by atoms with Gasteiger partial charge in [-0.3, -0.25) is 0 Å². The van der Waals surface area contributed by atoms with Crippen LogP contribution in [0.25, 0.3) is 0 Å². The van der Waals surface area contributed by atoms with Gasteiger partial charge in [0.25, 0.3) is 0 Å². The minimum absolute atomic E-state index is 0.173. The number of esters is 3. The zero-order chi connectivity index (χ0) is 54.5. The van der Waals surface area contributed by atoms with Crippen molar-refractivity contribution >= 4 is 17.9 Å².